The van der Waals surface area contributed by atoms with Crippen LogP contribution < -0.4 is 5.32 Å². The Morgan fingerprint density at radius 2 is 1.83 bits per heavy atom. The lowest BCUT2D eigenvalue weighted by Crippen LogP contribution is -2.47. The van der Waals surface area contributed by atoms with Crippen LogP contribution in [0.3, 0.4) is 0 Å². The third-order valence-corrected chi connectivity index (χ3v) is 4.30. The van der Waals surface area contributed by atoms with E-state index in [2.05, 4.69) is 21.2 Å². The maximum Gasteiger partial charge on any atom is 0.407 e. The number of hydrogen-bond donors (Lipinski definition) is 1. The minimum Gasteiger partial charge on any atom is -0.444 e. The van der Waals surface area contributed by atoms with Gasteiger partial charge in [-0.05, 0) is 61.7 Å². The summed E-state index contributed by atoms with van der Waals surface area (Å²) in [5.41, 5.74) is 0.173. The highest BCUT2D eigenvalue weighted by Gasteiger charge is 2.26. The molecule has 0 aromatic heterocycles. The van der Waals surface area contributed by atoms with E-state index in [1.807, 2.05) is 49.9 Å². The highest BCUT2D eigenvalue weighted by atomic mass is 79.9. The zero-order chi connectivity index (χ0) is 17.0. The summed E-state index contributed by atoms with van der Waals surface area (Å²) in [4.78, 5) is 26.1. The van der Waals surface area contributed by atoms with Crippen molar-refractivity contribution >= 4 is 27.9 Å². The Kier molecular flexibility index (Phi) is 5.68. The summed E-state index contributed by atoms with van der Waals surface area (Å²) >= 11 is 3.41. The molecule has 0 atom stereocenters. The number of ether oxygens (including phenoxy) is 1. The van der Waals surface area contributed by atoms with Crippen LogP contribution in [0.1, 0.15) is 44.0 Å². The van der Waals surface area contributed by atoms with Crippen LogP contribution in [0, 0.1) is 0 Å². The molecule has 1 fully saturated rings. The molecule has 0 spiro atoms. The van der Waals surface area contributed by atoms with Crippen molar-refractivity contribution in [2.24, 2.45) is 0 Å². The van der Waals surface area contributed by atoms with Gasteiger partial charge in [0.1, 0.15) is 5.60 Å². The normalized spacial score (nSPS) is 16.1. The Hall–Kier alpha value is -1.56. The molecular formula is C17H23BrN2O3. The van der Waals surface area contributed by atoms with E-state index >= 15 is 0 Å². The predicted molar refractivity (Wildman–Crippen MR) is 92.4 cm³/mol. The fraction of sp³-hybridized carbons (Fsp3) is 0.529. The van der Waals surface area contributed by atoms with E-state index in [4.69, 9.17) is 4.74 Å². The highest BCUT2D eigenvalue weighted by molar-refractivity contribution is 9.10. The largest absolute Gasteiger partial charge is 0.444 e. The molecule has 1 aromatic rings. The number of rotatable bonds is 2. The quantitative estimate of drug-likeness (QED) is 0.850. The first kappa shape index (κ1) is 17.8. The molecule has 6 heteroatoms. The number of alkyl carbamates (subject to hydrolysis) is 1. The summed E-state index contributed by atoms with van der Waals surface area (Å²) < 4.78 is 6.07. The third-order valence-electron chi connectivity index (χ3n) is 3.61. The van der Waals surface area contributed by atoms with E-state index in [-0.39, 0.29) is 11.9 Å². The van der Waals surface area contributed by atoms with Crippen LogP contribution in [0.2, 0.25) is 0 Å². The predicted octanol–water partition coefficient (Wildman–Crippen LogP) is 3.58. The number of nitrogens with zero attached hydrogens (tertiary/aromatic N) is 1. The van der Waals surface area contributed by atoms with Gasteiger partial charge in [-0.25, -0.2) is 4.79 Å². The zero-order valence-corrected chi connectivity index (χ0v) is 15.4. The van der Waals surface area contributed by atoms with Crippen molar-refractivity contribution in [3.8, 4) is 0 Å². The van der Waals surface area contributed by atoms with Gasteiger partial charge in [0.2, 0.25) is 0 Å². The van der Waals surface area contributed by atoms with Gasteiger partial charge in [0, 0.05) is 23.6 Å². The van der Waals surface area contributed by atoms with Crippen LogP contribution in [0.4, 0.5) is 4.79 Å². The SMILES string of the molecule is CC(C)(C)OC(=O)NC1CCN(C(=O)c2ccccc2Br)CC1. The number of carbonyl (C=O) groups excluding carboxylic acids is 2. The molecule has 1 aliphatic rings. The van der Waals surface area contributed by atoms with Crippen LogP contribution in [-0.2, 0) is 4.74 Å². The molecule has 5 nitrogen and oxygen atoms in total. The molecule has 23 heavy (non-hydrogen) atoms. The van der Waals surface area contributed by atoms with E-state index in [9.17, 15) is 9.59 Å². The Morgan fingerprint density at radius 3 is 2.39 bits per heavy atom. The molecule has 2 amide bonds. The summed E-state index contributed by atoms with van der Waals surface area (Å²) in [6.07, 6.45) is 1.07. The number of carbonyl (C=O) groups is 2. The van der Waals surface area contributed by atoms with Crippen LogP contribution in [-0.4, -0.2) is 41.6 Å². The topological polar surface area (TPSA) is 58.6 Å². The average molecular weight is 383 g/mol. The average Bonchev–Trinajstić information content (AvgIpc) is 2.46. The van der Waals surface area contributed by atoms with E-state index in [0.29, 0.717) is 18.7 Å². The zero-order valence-electron chi connectivity index (χ0n) is 13.8. The first-order valence-electron chi connectivity index (χ1n) is 7.79. The molecule has 0 radical (unpaired) electrons. The lowest BCUT2D eigenvalue weighted by atomic mass is 10.0. The lowest BCUT2D eigenvalue weighted by Gasteiger charge is -2.33. The number of nitrogens with one attached hydrogen (secondary N) is 1. The molecule has 1 aliphatic heterocycles. The van der Waals surface area contributed by atoms with Crippen LogP contribution in [0.25, 0.3) is 0 Å². The molecule has 126 valence electrons. The Morgan fingerprint density at radius 1 is 1.22 bits per heavy atom. The molecule has 1 aromatic carbocycles. The van der Waals surface area contributed by atoms with Crippen LogP contribution in [0.15, 0.2) is 28.7 Å². The minimum absolute atomic E-state index is 0.0215. The molecular weight excluding hydrogens is 360 g/mol. The van der Waals surface area contributed by atoms with E-state index < -0.39 is 11.7 Å². The second-order valence-electron chi connectivity index (χ2n) is 6.69. The van der Waals surface area contributed by atoms with Crippen molar-refractivity contribution in [3.05, 3.63) is 34.3 Å². The maximum absolute atomic E-state index is 12.5. The number of piperidine rings is 1. The number of halogens is 1. The molecule has 2 rings (SSSR count). The number of amides is 2. The smallest absolute Gasteiger partial charge is 0.407 e. The van der Waals surface area contributed by atoms with Crippen LogP contribution in [0.5, 0.6) is 0 Å². The summed E-state index contributed by atoms with van der Waals surface area (Å²) in [6, 6.07) is 7.47. The van der Waals surface area contributed by atoms with Crippen molar-refractivity contribution in [1.82, 2.24) is 10.2 Å². The van der Waals surface area contributed by atoms with Gasteiger partial charge in [-0.1, -0.05) is 12.1 Å². The number of benzene rings is 1. The number of hydrogen-bond acceptors (Lipinski definition) is 3. The summed E-state index contributed by atoms with van der Waals surface area (Å²) in [6.45, 7) is 6.77. The summed E-state index contributed by atoms with van der Waals surface area (Å²) in [5, 5.41) is 2.88. The van der Waals surface area contributed by atoms with E-state index in [1.54, 1.807) is 0 Å². The van der Waals surface area contributed by atoms with Crippen molar-refractivity contribution in [2.45, 2.75) is 45.3 Å². The lowest BCUT2D eigenvalue weighted by molar-refractivity contribution is 0.0473. The van der Waals surface area contributed by atoms with Crippen molar-refractivity contribution < 1.29 is 14.3 Å². The van der Waals surface area contributed by atoms with Gasteiger partial charge in [0.15, 0.2) is 0 Å². The maximum atomic E-state index is 12.5. The summed E-state index contributed by atoms with van der Waals surface area (Å²) in [5.74, 6) is 0.0215. The fourth-order valence-corrected chi connectivity index (χ4v) is 2.96. The van der Waals surface area contributed by atoms with Crippen molar-refractivity contribution in [1.29, 1.82) is 0 Å². The first-order valence-corrected chi connectivity index (χ1v) is 8.59. The fourth-order valence-electron chi connectivity index (χ4n) is 2.51. The standard InChI is InChI=1S/C17H23BrN2O3/c1-17(2,3)23-16(22)19-12-8-10-20(11-9-12)15(21)13-6-4-5-7-14(13)18/h4-7,12H,8-11H2,1-3H3,(H,19,22). The molecule has 0 aliphatic carbocycles. The van der Waals surface area contributed by atoms with Gasteiger partial charge in [0.05, 0.1) is 5.56 Å². The van der Waals surface area contributed by atoms with Gasteiger partial charge in [-0.3, -0.25) is 4.79 Å². The Bertz CT molecular complexity index is 575. The van der Waals surface area contributed by atoms with E-state index in [1.165, 1.54) is 0 Å². The Balaban J connectivity index is 1.85. The second kappa shape index (κ2) is 7.34. The molecule has 1 heterocycles. The van der Waals surface area contributed by atoms with Crippen molar-refractivity contribution in [3.63, 3.8) is 0 Å². The van der Waals surface area contributed by atoms with Gasteiger partial charge < -0.3 is 15.0 Å². The van der Waals surface area contributed by atoms with E-state index in [0.717, 1.165) is 17.3 Å². The van der Waals surface area contributed by atoms with Gasteiger partial charge in [-0.15, -0.1) is 0 Å². The molecule has 0 unspecified atom stereocenters. The Labute approximate surface area is 145 Å². The molecule has 1 N–H and O–H groups in total. The number of likely N-dealkylation sites (tertiary alicyclic amines) is 1. The van der Waals surface area contributed by atoms with Crippen molar-refractivity contribution in [2.75, 3.05) is 13.1 Å². The summed E-state index contributed by atoms with van der Waals surface area (Å²) in [7, 11) is 0. The molecule has 0 bridgehead atoms. The monoisotopic (exact) mass is 382 g/mol. The molecule has 1 saturated heterocycles. The minimum atomic E-state index is -0.500. The highest BCUT2D eigenvalue weighted by Crippen LogP contribution is 2.20. The van der Waals surface area contributed by atoms with Gasteiger partial charge >= 0.3 is 6.09 Å². The first-order chi connectivity index (χ1) is 10.8. The molecule has 0 saturated carbocycles. The van der Waals surface area contributed by atoms with Crippen LogP contribution >= 0.6 is 15.9 Å². The second-order valence-corrected chi connectivity index (χ2v) is 7.55. The van der Waals surface area contributed by atoms with Gasteiger partial charge in [-0.2, -0.15) is 0 Å². The third kappa shape index (κ3) is 5.23. The van der Waals surface area contributed by atoms with Gasteiger partial charge in [0.25, 0.3) is 5.91 Å².